The minimum absolute atomic E-state index is 0.479. The van der Waals surface area contributed by atoms with E-state index in [-0.39, 0.29) is 0 Å². The van der Waals surface area contributed by atoms with Gasteiger partial charge in [0.2, 0.25) is 0 Å². The number of carbonyl (C=O) groups is 2. The average molecular weight is 394 g/mol. The van der Waals surface area contributed by atoms with Crippen LogP contribution < -0.4 is 15.5 Å². The van der Waals surface area contributed by atoms with Gasteiger partial charge in [-0.3, -0.25) is 9.59 Å². The topological polar surface area (TPSA) is 61.4 Å². The van der Waals surface area contributed by atoms with Crippen LogP contribution in [0.15, 0.2) is 42.5 Å². The van der Waals surface area contributed by atoms with Gasteiger partial charge in [-0.05, 0) is 80.8 Å². The number of benzene rings is 2. The monoisotopic (exact) mass is 393 g/mol. The fraction of sp³-hybridized carbons (Fsp3) is 0.417. The lowest BCUT2D eigenvalue weighted by Crippen LogP contribution is -2.36. The number of hydrogen-bond acceptors (Lipinski definition) is 3. The van der Waals surface area contributed by atoms with E-state index in [1.807, 2.05) is 32.0 Å². The molecule has 29 heavy (non-hydrogen) atoms. The van der Waals surface area contributed by atoms with E-state index < -0.39 is 11.8 Å². The number of piperidine rings is 1. The summed E-state index contributed by atoms with van der Waals surface area (Å²) in [5.74, 6) is -1.21. The van der Waals surface area contributed by atoms with E-state index in [0.29, 0.717) is 12.2 Å². The molecule has 1 saturated heterocycles. The Balaban J connectivity index is 1.39. The summed E-state index contributed by atoms with van der Waals surface area (Å²) in [5, 5.41) is 5.40. The highest BCUT2D eigenvalue weighted by Crippen LogP contribution is 2.20. The maximum atomic E-state index is 12.1. The van der Waals surface area contributed by atoms with Crippen molar-refractivity contribution >= 4 is 23.2 Å². The van der Waals surface area contributed by atoms with Crippen LogP contribution in [0.1, 0.15) is 42.4 Å². The second-order valence-corrected chi connectivity index (χ2v) is 7.85. The molecule has 0 aliphatic carbocycles. The zero-order chi connectivity index (χ0) is 20.6. The molecule has 0 radical (unpaired) electrons. The van der Waals surface area contributed by atoms with E-state index in [1.54, 1.807) is 0 Å². The minimum atomic E-state index is -0.621. The van der Waals surface area contributed by atoms with Crippen LogP contribution >= 0.6 is 0 Å². The Labute approximate surface area is 173 Å². The lowest BCUT2D eigenvalue weighted by atomic mass is 10.1. The molecule has 0 unspecified atom stereocenters. The summed E-state index contributed by atoms with van der Waals surface area (Å²) in [6.45, 7) is 6.63. The molecule has 2 aromatic rings. The van der Waals surface area contributed by atoms with Crippen LogP contribution in [-0.4, -0.2) is 31.4 Å². The Bertz CT molecular complexity index is 840. The van der Waals surface area contributed by atoms with Crippen LogP contribution in [0.4, 0.5) is 11.4 Å². The summed E-state index contributed by atoms with van der Waals surface area (Å²) in [6, 6.07) is 14.5. The van der Waals surface area contributed by atoms with E-state index in [0.717, 1.165) is 37.1 Å². The van der Waals surface area contributed by atoms with E-state index >= 15 is 0 Å². The maximum absolute atomic E-state index is 12.1. The smallest absolute Gasteiger partial charge is 0.313 e. The largest absolute Gasteiger partial charge is 0.372 e. The van der Waals surface area contributed by atoms with Crippen molar-refractivity contribution in [3.05, 3.63) is 59.2 Å². The second-order valence-electron chi connectivity index (χ2n) is 7.85. The van der Waals surface area contributed by atoms with Gasteiger partial charge in [0.15, 0.2) is 0 Å². The molecule has 1 heterocycles. The number of hydrogen-bond donors (Lipinski definition) is 2. The number of nitrogens with zero attached hydrogens (tertiary/aromatic N) is 1. The van der Waals surface area contributed by atoms with Gasteiger partial charge in [-0.15, -0.1) is 0 Å². The number of nitrogens with one attached hydrogen (secondary N) is 2. The Morgan fingerprint density at radius 1 is 0.931 bits per heavy atom. The predicted molar refractivity (Wildman–Crippen MR) is 118 cm³/mol. The summed E-state index contributed by atoms with van der Waals surface area (Å²) in [7, 11) is 0. The van der Waals surface area contributed by atoms with Crippen molar-refractivity contribution < 1.29 is 9.59 Å². The first kappa shape index (κ1) is 20.9. The van der Waals surface area contributed by atoms with Gasteiger partial charge in [-0.25, -0.2) is 0 Å². The van der Waals surface area contributed by atoms with Crippen LogP contribution in [0.2, 0.25) is 0 Å². The lowest BCUT2D eigenvalue weighted by molar-refractivity contribution is -0.136. The Morgan fingerprint density at radius 2 is 1.66 bits per heavy atom. The van der Waals surface area contributed by atoms with Crippen molar-refractivity contribution in [2.75, 3.05) is 29.9 Å². The molecule has 2 aromatic carbocycles. The van der Waals surface area contributed by atoms with Gasteiger partial charge in [-0.2, -0.15) is 0 Å². The fourth-order valence-corrected chi connectivity index (χ4v) is 3.65. The zero-order valence-electron chi connectivity index (χ0n) is 17.5. The van der Waals surface area contributed by atoms with Crippen molar-refractivity contribution in [3.8, 4) is 0 Å². The van der Waals surface area contributed by atoms with Crippen molar-refractivity contribution in [2.45, 2.75) is 46.0 Å². The average Bonchev–Trinajstić information content (AvgIpc) is 2.74. The third-order valence-corrected chi connectivity index (χ3v) is 5.43. The van der Waals surface area contributed by atoms with E-state index in [1.165, 1.54) is 30.5 Å². The molecule has 2 amide bonds. The number of anilines is 2. The standard InChI is InChI=1S/C24H31N3O2/c1-18-8-9-19(2)22(17-18)26-24(29)23(28)25-14-6-7-20-10-12-21(13-11-20)27-15-4-3-5-16-27/h8-13,17H,3-7,14-16H2,1-2H3,(H,25,28)(H,26,29). The Kier molecular flexibility index (Phi) is 7.28. The molecule has 5 heteroatoms. The normalized spacial score (nSPS) is 13.8. The van der Waals surface area contributed by atoms with E-state index in [2.05, 4.69) is 39.8 Å². The number of carbonyl (C=O) groups excluding carboxylic acids is 2. The third kappa shape index (κ3) is 6.08. The van der Waals surface area contributed by atoms with Gasteiger partial charge in [0.25, 0.3) is 0 Å². The van der Waals surface area contributed by atoms with Crippen LogP contribution in [0.25, 0.3) is 0 Å². The Morgan fingerprint density at radius 3 is 2.38 bits per heavy atom. The molecule has 1 fully saturated rings. The van der Waals surface area contributed by atoms with Gasteiger partial charge >= 0.3 is 11.8 Å². The summed E-state index contributed by atoms with van der Waals surface area (Å²) >= 11 is 0. The van der Waals surface area contributed by atoms with Crippen molar-refractivity contribution in [1.29, 1.82) is 0 Å². The molecule has 5 nitrogen and oxygen atoms in total. The van der Waals surface area contributed by atoms with Gasteiger partial charge in [0.05, 0.1) is 0 Å². The number of rotatable bonds is 6. The summed E-state index contributed by atoms with van der Waals surface area (Å²) < 4.78 is 0. The quantitative estimate of drug-likeness (QED) is 0.576. The van der Waals surface area contributed by atoms with Gasteiger partial charge in [-0.1, -0.05) is 24.3 Å². The van der Waals surface area contributed by atoms with Crippen molar-refractivity contribution in [3.63, 3.8) is 0 Å². The molecular weight excluding hydrogens is 362 g/mol. The van der Waals surface area contributed by atoms with Gasteiger partial charge in [0, 0.05) is 31.0 Å². The van der Waals surface area contributed by atoms with Gasteiger partial charge < -0.3 is 15.5 Å². The summed E-state index contributed by atoms with van der Waals surface area (Å²) in [6.07, 6.45) is 5.56. The highest BCUT2D eigenvalue weighted by atomic mass is 16.2. The number of aryl methyl sites for hydroxylation is 3. The summed E-state index contributed by atoms with van der Waals surface area (Å²) in [5.41, 5.74) is 5.20. The van der Waals surface area contributed by atoms with Crippen LogP contribution in [0, 0.1) is 13.8 Å². The van der Waals surface area contributed by atoms with Crippen LogP contribution in [0.5, 0.6) is 0 Å². The minimum Gasteiger partial charge on any atom is -0.372 e. The first-order valence-electron chi connectivity index (χ1n) is 10.5. The molecular formula is C24H31N3O2. The van der Waals surface area contributed by atoms with Crippen molar-refractivity contribution in [1.82, 2.24) is 5.32 Å². The molecule has 0 spiro atoms. The first-order valence-corrected chi connectivity index (χ1v) is 10.5. The van der Waals surface area contributed by atoms with Crippen LogP contribution in [0.3, 0.4) is 0 Å². The van der Waals surface area contributed by atoms with E-state index in [4.69, 9.17) is 0 Å². The lowest BCUT2D eigenvalue weighted by Gasteiger charge is -2.28. The van der Waals surface area contributed by atoms with Crippen LogP contribution in [-0.2, 0) is 16.0 Å². The molecule has 2 N–H and O–H groups in total. The molecule has 1 aliphatic heterocycles. The fourth-order valence-electron chi connectivity index (χ4n) is 3.65. The number of amides is 2. The van der Waals surface area contributed by atoms with E-state index in [9.17, 15) is 9.59 Å². The summed E-state index contributed by atoms with van der Waals surface area (Å²) in [4.78, 5) is 26.6. The van der Waals surface area contributed by atoms with Gasteiger partial charge in [0.1, 0.15) is 0 Å². The maximum Gasteiger partial charge on any atom is 0.313 e. The van der Waals surface area contributed by atoms with Crippen molar-refractivity contribution in [2.24, 2.45) is 0 Å². The molecule has 1 aliphatic rings. The molecule has 0 saturated carbocycles. The second kappa shape index (κ2) is 10.1. The first-order chi connectivity index (χ1) is 14.0. The molecule has 154 valence electrons. The molecule has 0 bridgehead atoms. The third-order valence-electron chi connectivity index (χ3n) is 5.43. The Hall–Kier alpha value is -2.82. The molecule has 0 atom stereocenters. The highest BCUT2D eigenvalue weighted by molar-refractivity contribution is 6.39. The highest BCUT2D eigenvalue weighted by Gasteiger charge is 2.14. The zero-order valence-corrected chi connectivity index (χ0v) is 17.5. The SMILES string of the molecule is Cc1ccc(C)c(NC(=O)C(=O)NCCCc2ccc(N3CCCCC3)cc2)c1. The predicted octanol–water partition coefficient (Wildman–Crippen LogP) is 3.98. The molecule has 3 rings (SSSR count). The molecule has 0 aromatic heterocycles.